The van der Waals surface area contributed by atoms with Gasteiger partial charge in [-0.05, 0) is 20.3 Å². The molecule has 0 fully saturated rings. The average molecular weight is 210 g/mol. The predicted molar refractivity (Wildman–Crippen MR) is 59.6 cm³/mol. The molecular formula is C10H18N4O. The zero-order chi connectivity index (χ0) is 11.3. The fraction of sp³-hybridized carbons (Fsp3) is 0.600. The molecule has 5 nitrogen and oxygen atoms in total. The maximum Gasteiger partial charge on any atom is 0.222 e. The van der Waals surface area contributed by atoms with Crippen molar-refractivity contribution in [2.45, 2.75) is 39.7 Å². The monoisotopic (exact) mass is 210 g/mol. The van der Waals surface area contributed by atoms with Crippen LogP contribution in [0, 0.1) is 0 Å². The molecule has 1 aromatic heterocycles. The number of hydrogen-bond donors (Lipinski definition) is 2. The maximum atomic E-state index is 5.59. The van der Waals surface area contributed by atoms with Gasteiger partial charge in [0.1, 0.15) is 12.1 Å². The number of nitrogens with two attached hydrogens (primary N) is 1. The molecule has 3 N–H and O–H groups in total. The van der Waals surface area contributed by atoms with Gasteiger partial charge in [-0.2, -0.15) is 0 Å². The van der Waals surface area contributed by atoms with Gasteiger partial charge in [-0.3, -0.25) is 0 Å². The van der Waals surface area contributed by atoms with Gasteiger partial charge in [0, 0.05) is 0 Å². The van der Waals surface area contributed by atoms with Crippen molar-refractivity contribution in [2.24, 2.45) is 5.84 Å². The first kappa shape index (κ1) is 11.7. The van der Waals surface area contributed by atoms with E-state index in [1.54, 1.807) is 0 Å². The quantitative estimate of drug-likeness (QED) is 0.569. The van der Waals surface area contributed by atoms with Gasteiger partial charge in [0.25, 0.3) is 0 Å². The minimum atomic E-state index is 0.0983. The molecule has 84 valence electrons. The number of nitrogens with one attached hydrogen (secondary N) is 1. The highest BCUT2D eigenvalue weighted by molar-refractivity contribution is 5.47. The van der Waals surface area contributed by atoms with Crippen molar-refractivity contribution in [1.82, 2.24) is 9.97 Å². The number of hydrogen-bond acceptors (Lipinski definition) is 5. The van der Waals surface area contributed by atoms with Gasteiger partial charge in [0.15, 0.2) is 0 Å². The molecule has 0 amide bonds. The third-order valence-corrected chi connectivity index (χ3v) is 1.89. The van der Waals surface area contributed by atoms with Crippen LogP contribution in [0.4, 0.5) is 5.82 Å². The molecule has 15 heavy (non-hydrogen) atoms. The Hall–Kier alpha value is -1.36. The number of ether oxygens (including phenoxy) is 1. The highest BCUT2D eigenvalue weighted by Gasteiger charge is 2.12. The average Bonchev–Trinajstić information content (AvgIpc) is 2.20. The lowest BCUT2D eigenvalue weighted by molar-refractivity contribution is 0.229. The Labute approximate surface area is 90.0 Å². The van der Waals surface area contributed by atoms with Crippen LogP contribution in [0.5, 0.6) is 5.88 Å². The zero-order valence-electron chi connectivity index (χ0n) is 9.45. The lowest BCUT2D eigenvalue weighted by Crippen LogP contribution is -2.15. The molecule has 0 saturated heterocycles. The summed E-state index contributed by atoms with van der Waals surface area (Å²) in [6, 6.07) is 0. The highest BCUT2D eigenvalue weighted by atomic mass is 16.5. The van der Waals surface area contributed by atoms with Crippen LogP contribution in [0.2, 0.25) is 0 Å². The van der Waals surface area contributed by atoms with Crippen molar-refractivity contribution in [3.05, 3.63) is 11.9 Å². The van der Waals surface area contributed by atoms with E-state index in [4.69, 9.17) is 10.6 Å². The Morgan fingerprint density at radius 3 is 2.73 bits per heavy atom. The fourth-order valence-electron chi connectivity index (χ4n) is 1.32. The van der Waals surface area contributed by atoms with Crippen molar-refractivity contribution in [3.63, 3.8) is 0 Å². The van der Waals surface area contributed by atoms with Crippen LogP contribution < -0.4 is 16.0 Å². The van der Waals surface area contributed by atoms with E-state index in [-0.39, 0.29) is 6.10 Å². The van der Waals surface area contributed by atoms with Crippen molar-refractivity contribution in [1.29, 1.82) is 0 Å². The van der Waals surface area contributed by atoms with E-state index in [9.17, 15) is 0 Å². The van der Waals surface area contributed by atoms with Crippen LogP contribution in [-0.2, 0) is 6.42 Å². The van der Waals surface area contributed by atoms with Crippen LogP contribution in [0.3, 0.4) is 0 Å². The van der Waals surface area contributed by atoms with Crippen LogP contribution in [0.25, 0.3) is 0 Å². The van der Waals surface area contributed by atoms with Crippen LogP contribution >= 0.6 is 0 Å². The molecule has 1 rings (SSSR count). The van der Waals surface area contributed by atoms with E-state index >= 15 is 0 Å². The minimum Gasteiger partial charge on any atom is -0.475 e. The fourth-order valence-corrected chi connectivity index (χ4v) is 1.32. The largest absolute Gasteiger partial charge is 0.475 e. The summed E-state index contributed by atoms with van der Waals surface area (Å²) in [6.45, 7) is 6.02. The van der Waals surface area contributed by atoms with E-state index in [1.807, 2.05) is 13.8 Å². The Kier molecular flexibility index (Phi) is 4.30. The molecule has 1 heterocycles. The Morgan fingerprint density at radius 1 is 1.47 bits per heavy atom. The van der Waals surface area contributed by atoms with Gasteiger partial charge in [0.05, 0.1) is 11.7 Å². The van der Waals surface area contributed by atoms with E-state index < -0.39 is 0 Å². The normalized spacial score (nSPS) is 10.5. The Morgan fingerprint density at radius 2 is 2.20 bits per heavy atom. The number of anilines is 1. The highest BCUT2D eigenvalue weighted by Crippen LogP contribution is 2.23. The molecule has 0 bridgehead atoms. The Bertz CT molecular complexity index is 314. The summed E-state index contributed by atoms with van der Waals surface area (Å²) in [4.78, 5) is 8.17. The number of aromatic nitrogens is 2. The molecule has 0 spiro atoms. The van der Waals surface area contributed by atoms with Gasteiger partial charge in [-0.25, -0.2) is 15.8 Å². The van der Waals surface area contributed by atoms with Gasteiger partial charge in [-0.15, -0.1) is 0 Å². The van der Waals surface area contributed by atoms with E-state index in [0.29, 0.717) is 11.7 Å². The molecule has 1 aromatic rings. The maximum absolute atomic E-state index is 5.59. The summed E-state index contributed by atoms with van der Waals surface area (Å²) in [5.74, 6) is 6.65. The lowest BCUT2D eigenvalue weighted by Gasteiger charge is -2.14. The third kappa shape index (κ3) is 3.06. The molecule has 0 radical (unpaired) electrons. The second-order valence-corrected chi connectivity index (χ2v) is 3.57. The van der Waals surface area contributed by atoms with Crippen molar-refractivity contribution in [3.8, 4) is 5.88 Å². The Balaban J connectivity index is 3.01. The standard InChI is InChI=1S/C10H18N4O/c1-4-5-8-9(14-11)12-6-13-10(8)15-7(2)3/h6-7H,4-5,11H2,1-3H3,(H,12,13,14). The number of hydrazine groups is 1. The predicted octanol–water partition coefficient (Wildman–Crippen LogP) is 1.50. The number of nitrogens with zero attached hydrogens (tertiary/aromatic N) is 2. The van der Waals surface area contributed by atoms with E-state index in [2.05, 4.69) is 22.3 Å². The number of nitrogen functional groups attached to an aromatic ring is 1. The molecular weight excluding hydrogens is 192 g/mol. The summed E-state index contributed by atoms with van der Waals surface area (Å²) >= 11 is 0. The summed E-state index contributed by atoms with van der Waals surface area (Å²) in [5, 5.41) is 0. The van der Waals surface area contributed by atoms with Crippen molar-refractivity contribution in [2.75, 3.05) is 5.43 Å². The number of rotatable bonds is 5. The van der Waals surface area contributed by atoms with Crippen LogP contribution in [0.15, 0.2) is 6.33 Å². The summed E-state index contributed by atoms with van der Waals surface area (Å²) in [7, 11) is 0. The van der Waals surface area contributed by atoms with Crippen LogP contribution in [0.1, 0.15) is 32.8 Å². The van der Waals surface area contributed by atoms with Crippen molar-refractivity contribution >= 4 is 5.82 Å². The summed E-state index contributed by atoms with van der Waals surface area (Å²) in [6.07, 6.45) is 3.39. The van der Waals surface area contributed by atoms with Crippen molar-refractivity contribution < 1.29 is 4.74 Å². The molecule has 0 unspecified atom stereocenters. The second kappa shape index (κ2) is 5.50. The zero-order valence-corrected chi connectivity index (χ0v) is 9.45. The summed E-state index contributed by atoms with van der Waals surface area (Å²) in [5.41, 5.74) is 3.50. The molecule has 0 aliphatic rings. The van der Waals surface area contributed by atoms with E-state index in [0.717, 1.165) is 18.4 Å². The third-order valence-electron chi connectivity index (χ3n) is 1.89. The van der Waals surface area contributed by atoms with Crippen LogP contribution in [-0.4, -0.2) is 16.1 Å². The SMILES string of the molecule is CCCc1c(NN)ncnc1OC(C)C. The molecule has 5 heteroatoms. The summed E-state index contributed by atoms with van der Waals surface area (Å²) < 4.78 is 5.59. The topological polar surface area (TPSA) is 73.1 Å². The lowest BCUT2D eigenvalue weighted by atomic mass is 10.2. The molecule has 0 aliphatic carbocycles. The van der Waals surface area contributed by atoms with Gasteiger partial charge in [-0.1, -0.05) is 13.3 Å². The van der Waals surface area contributed by atoms with Gasteiger partial charge in [0.2, 0.25) is 5.88 Å². The second-order valence-electron chi connectivity index (χ2n) is 3.57. The molecule has 0 saturated carbocycles. The minimum absolute atomic E-state index is 0.0983. The smallest absolute Gasteiger partial charge is 0.222 e. The first-order chi connectivity index (χ1) is 7.19. The molecule has 0 aliphatic heterocycles. The van der Waals surface area contributed by atoms with E-state index in [1.165, 1.54) is 6.33 Å². The van der Waals surface area contributed by atoms with Gasteiger partial charge < -0.3 is 10.2 Å². The molecule has 0 aromatic carbocycles. The first-order valence-corrected chi connectivity index (χ1v) is 5.16. The van der Waals surface area contributed by atoms with Gasteiger partial charge >= 0.3 is 0 Å². The molecule has 0 atom stereocenters. The first-order valence-electron chi connectivity index (χ1n) is 5.16.